The van der Waals surface area contributed by atoms with E-state index in [1.54, 1.807) is 0 Å². The Bertz CT molecular complexity index is 2070. The monoisotopic (exact) mass is 721 g/mol. The normalized spacial score (nSPS) is 16.2. The summed E-state index contributed by atoms with van der Waals surface area (Å²) >= 11 is 0. The van der Waals surface area contributed by atoms with Crippen molar-refractivity contribution in [2.45, 2.75) is 18.0 Å². The topological polar surface area (TPSA) is 152 Å². The Hall–Kier alpha value is -5.40. The van der Waals surface area contributed by atoms with Crippen molar-refractivity contribution in [1.82, 2.24) is 4.90 Å². The molecule has 2 aliphatic rings. The molecule has 1 unspecified atom stereocenters. The van der Waals surface area contributed by atoms with Gasteiger partial charge in [-0.3, -0.25) is 14.4 Å². The van der Waals surface area contributed by atoms with Crippen LogP contribution in [-0.2, 0) is 39.5 Å². The highest BCUT2D eigenvalue weighted by atomic mass is 32.2. The molecular weight excluding hydrogens is 703 g/mol. The average Bonchev–Trinajstić information content (AvgIpc) is 3.33. The van der Waals surface area contributed by atoms with Crippen LogP contribution >= 0.6 is 0 Å². The van der Waals surface area contributed by atoms with Gasteiger partial charge in [0.1, 0.15) is 18.9 Å². The summed E-state index contributed by atoms with van der Waals surface area (Å²) in [6.07, 6.45) is 0. The van der Waals surface area contributed by atoms with E-state index in [1.807, 2.05) is 0 Å². The quantitative estimate of drug-likeness (QED) is 0.114. The van der Waals surface area contributed by atoms with Crippen molar-refractivity contribution in [3.63, 3.8) is 0 Å². The maximum absolute atomic E-state index is 15.8. The summed E-state index contributed by atoms with van der Waals surface area (Å²) < 4.78 is 147. The molecule has 1 atom stereocenters. The van der Waals surface area contributed by atoms with Crippen LogP contribution in [0.5, 0.6) is 17.2 Å². The molecule has 0 N–H and O–H groups in total. The second-order valence-corrected chi connectivity index (χ2v) is 11.8. The molecule has 0 saturated heterocycles. The Morgan fingerprint density at radius 3 is 1.96 bits per heavy atom. The number of ether oxygens (including phenoxy) is 4. The molecule has 5 rings (SSSR count). The Kier molecular flexibility index (Phi) is 8.50. The maximum Gasteiger partial charge on any atom is 0.534 e. The molecule has 0 aromatic heterocycles. The third-order valence-electron chi connectivity index (χ3n) is 7.47. The summed E-state index contributed by atoms with van der Waals surface area (Å²) in [4.78, 5) is 51.2. The van der Waals surface area contributed by atoms with Gasteiger partial charge >= 0.3 is 33.5 Å². The third kappa shape index (κ3) is 5.54. The largest absolute Gasteiger partial charge is 0.534 e. The summed E-state index contributed by atoms with van der Waals surface area (Å²) in [5, 5.41) is 0. The lowest BCUT2D eigenvalue weighted by Gasteiger charge is -2.37. The summed E-state index contributed by atoms with van der Waals surface area (Å²) in [5.41, 5.74) is -12.6. The van der Waals surface area contributed by atoms with Crippen molar-refractivity contribution in [3.05, 3.63) is 87.0 Å². The molecule has 1 amide bonds. The van der Waals surface area contributed by atoms with Crippen molar-refractivity contribution in [3.8, 4) is 17.2 Å². The number of fused-ring (bicyclic) bond motifs is 6. The van der Waals surface area contributed by atoms with E-state index in [1.165, 1.54) is 0 Å². The van der Waals surface area contributed by atoms with E-state index < -0.39 is 126 Å². The second kappa shape index (κ2) is 11.9. The minimum absolute atomic E-state index is 0.175. The van der Waals surface area contributed by atoms with Crippen LogP contribution in [0.4, 0.5) is 30.7 Å². The number of alkyl halides is 3. The third-order valence-corrected chi connectivity index (χ3v) is 8.42. The van der Waals surface area contributed by atoms with Crippen LogP contribution in [-0.4, -0.2) is 70.0 Å². The van der Waals surface area contributed by atoms with Crippen molar-refractivity contribution >= 4 is 33.9 Å². The number of methoxy groups -OCH3 is 2. The molecule has 12 nitrogen and oxygen atoms in total. The highest BCUT2D eigenvalue weighted by Gasteiger charge is 2.57. The molecule has 49 heavy (non-hydrogen) atoms. The predicted octanol–water partition coefficient (Wildman–Crippen LogP) is 4.14. The van der Waals surface area contributed by atoms with Crippen LogP contribution < -0.4 is 8.92 Å². The van der Waals surface area contributed by atoms with Gasteiger partial charge in [0.05, 0.1) is 30.9 Å². The van der Waals surface area contributed by atoms with Crippen molar-refractivity contribution < 1.29 is 81.5 Å². The molecule has 260 valence electrons. The predicted molar refractivity (Wildman–Crippen MR) is 145 cm³/mol. The number of amides is 1. The lowest BCUT2D eigenvalue weighted by atomic mass is 9.76. The van der Waals surface area contributed by atoms with Crippen LogP contribution in [0.15, 0.2) is 30.3 Å². The van der Waals surface area contributed by atoms with E-state index in [4.69, 9.17) is 9.47 Å². The van der Waals surface area contributed by atoms with Crippen molar-refractivity contribution in [1.29, 1.82) is 0 Å². The van der Waals surface area contributed by atoms with E-state index >= 15 is 13.2 Å². The number of hydrogen-bond donors (Lipinski definition) is 0. The molecule has 3 aromatic carbocycles. The van der Waals surface area contributed by atoms with Gasteiger partial charge in [-0.2, -0.15) is 26.0 Å². The fraction of sp³-hybridized carbons (Fsp3) is 0.241. The number of carbonyl (C=O) groups is 4. The van der Waals surface area contributed by atoms with Gasteiger partial charge in [0, 0.05) is 16.7 Å². The number of rotatable bonds is 7. The maximum atomic E-state index is 15.8. The van der Waals surface area contributed by atoms with Gasteiger partial charge in [0.25, 0.3) is 5.91 Å². The SMILES string of the molecule is COC(=O)CN(CC(=O)OC)C(=O)c1ccc2c(c1)C(=O)OC21c2cc(F)c(C)c(F)c2Oc2c1cc(F)c(OS(=O)(=O)C(F)(F)F)c2F. The van der Waals surface area contributed by atoms with Gasteiger partial charge in [-0.15, -0.1) is 0 Å². The molecule has 1 spiro atoms. The van der Waals surface area contributed by atoms with Crippen LogP contribution in [0.25, 0.3) is 0 Å². The van der Waals surface area contributed by atoms with Crippen LogP contribution in [0.3, 0.4) is 0 Å². The van der Waals surface area contributed by atoms with Gasteiger partial charge in [-0.25, -0.2) is 18.0 Å². The first kappa shape index (κ1) is 34.9. The Labute approximate surface area is 270 Å². The smallest absolute Gasteiger partial charge is 0.468 e. The summed E-state index contributed by atoms with van der Waals surface area (Å²) in [6.45, 7) is -0.610. The van der Waals surface area contributed by atoms with E-state index in [-0.39, 0.29) is 11.6 Å². The zero-order chi connectivity index (χ0) is 36.4. The van der Waals surface area contributed by atoms with Gasteiger partial charge in [-0.1, -0.05) is 6.07 Å². The molecule has 2 aliphatic heterocycles. The number of carbonyl (C=O) groups excluding carboxylic acids is 4. The summed E-state index contributed by atoms with van der Waals surface area (Å²) in [5.74, 6) is -16.0. The lowest BCUT2D eigenvalue weighted by molar-refractivity contribution is -0.144. The average molecular weight is 722 g/mol. The second-order valence-electron chi connectivity index (χ2n) is 10.3. The fourth-order valence-corrected chi connectivity index (χ4v) is 5.57. The number of esters is 3. The number of benzene rings is 3. The van der Waals surface area contributed by atoms with E-state index in [2.05, 4.69) is 13.7 Å². The van der Waals surface area contributed by atoms with E-state index in [0.717, 1.165) is 39.3 Å². The molecule has 0 fully saturated rings. The highest BCUT2D eigenvalue weighted by Crippen LogP contribution is 2.59. The van der Waals surface area contributed by atoms with Crippen LogP contribution in [0, 0.1) is 30.2 Å². The Morgan fingerprint density at radius 1 is 0.857 bits per heavy atom. The Morgan fingerprint density at radius 2 is 1.41 bits per heavy atom. The number of hydrogen-bond acceptors (Lipinski definition) is 11. The molecule has 0 saturated carbocycles. The molecule has 2 heterocycles. The molecule has 20 heteroatoms. The van der Waals surface area contributed by atoms with Crippen molar-refractivity contribution in [2.75, 3.05) is 27.3 Å². The molecule has 0 bridgehead atoms. The standard InChI is InChI=1S/C29H18F7NO11S/c1-11-17(30)7-15-23(21(11)32)46-24-16(8-18(31)25(22(24)33)48-49(42,43)29(34,35)36)28(15)14-5-4-12(6-13(14)27(41)47-28)26(40)37(9-19(38)44-2)10-20(39)45-3/h4-8H,9-10H2,1-3H3. The number of halogens is 7. The lowest BCUT2D eigenvalue weighted by Crippen LogP contribution is -2.40. The first-order valence-corrected chi connectivity index (χ1v) is 14.7. The molecule has 0 aliphatic carbocycles. The van der Waals surface area contributed by atoms with Gasteiger partial charge in [0.15, 0.2) is 28.7 Å². The molecule has 3 aromatic rings. The van der Waals surface area contributed by atoms with Crippen molar-refractivity contribution in [2.24, 2.45) is 0 Å². The Balaban J connectivity index is 1.75. The minimum atomic E-state index is -6.67. The molecule has 0 radical (unpaired) electrons. The number of nitrogens with zero attached hydrogens (tertiary/aromatic N) is 1. The summed E-state index contributed by atoms with van der Waals surface area (Å²) in [7, 11) is -4.66. The van der Waals surface area contributed by atoms with Gasteiger partial charge in [-0.05, 0) is 31.2 Å². The highest BCUT2D eigenvalue weighted by molar-refractivity contribution is 7.88. The van der Waals surface area contributed by atoms with Gasteiger partial charge in [0.2, 0.25) is 11.6 Å². The van der Waals surface area contributed by atoms with Crippen LogP contribution in [0.1, 0.15) is 43.0 Å². The van der Waals surface area contributed by atoms with E-state index in [0.29, 0.717) is 11.0 Å². The first-order chi connectivity index (χ1) is 22.8. The van der Waals surface area contributed by atoms with Crippen LogP contribution in [0.2, 0.25) is 0 Å². The molecular formula is C29H18F7NO11S. The fourth-order valence-electron chi connectivity index (χ4n) is 5.11. The summed E-state index contributed by atoms with van der Waals surface area (Å²) in [6, 6.07) is 3.59. The first-order valence-electron chi connectivity index (χ1n) is 13.3. The zero-order valence-electron chi connectivity index (χ0n) is 24.8. The van der Waals surface area contributed by atoms with E-state index in [9.17, 15) is 45.2 Å². The van der Waals surface area contributed by atoms with Gasteiger partial charge < -0.3 is 28.0 Å². The minimum Gasteiger partial charge on any atom is -0.468 e. The zero-order valence-corrected chi connectivity index (χ0v) is 25.6.